The van der Waals surface area contributed by atoms with Crippen LogP contribution in [0.4, 0.5) is 14.5 Å². The first kappa shape index (κ1) is 14.9. The third-order valence-electron chi connectivity index (χ3n) is 5.82. The van der Waals surface area contributed by atoms with Crippen molar-refractivity contribution in [2.24, 2.45) is 11.8 Å². The van der Waals surface area contributed by atoms with Gasteiger partial charge in [-0.1, -0.05) is 0 Å². The zero-order valence-corrected chi connectivity index (χ0v) is 13.1. The van der Waals surface area contributed by atoms with Gasteiger partial charge in [-0.25, -0.2) is 8.78 Å². The Hall–Kier alpha value is -1.65. The summed E-state index contributed by atoms with van der Waals surface area (Å²) in [6, 6.07) is 4.29. The molecule has 4 rings (SSSR count). The molecule has 1 amide bonds. The molecule has 0 spiro atoms. The van der Waals surface area contributed by atoms with Crippen LogP contribution in [0.5, 0.6) is 0 Å². The minimum Gasteiger partial charge on any atom is -0.380 e. The number of anilines is 1. The Balaban J connectivity index is 1.51. The van der Waals surface area contributed by atoms with Crippen LogP contribution in [-0.4, -0.2) is 29.4 Å². The van der Waals surface area contributed by atoms with Gasteiger partial charge in [0.15, 0.2) is 0 Å². The molecule has 1 aromatic carbocycles. The van der Waals surface area contributed by atoms with E-state index in [0.29, 0.717) is 35.9 Å². The second kappa shape index (κ2) is 5.77. The van der Waals surface area contributed by atoms with Gasteiger partial charge in [0.1, 0.15) is 11.6 Å². The minimum atomic E-state index is -0.550. The molecule has 0 radical (unpaired) electrons. The van der Waals surface area contributed by atoms with Gasteiger partial charge in [-0.3, -0.25) is 4.79 Å². The van der Waals surface area contributed by atoms with Crippen molar-refractivity contribution in [2.45, 2.75) is 50.6 Å². The quantitative estimate of drug-likeness (QED) is 0.904. The smallest absolute Gasteiger partial charge is 0.222 e. The Labute approximate surface area is 135 Å². The van der Waals surface area contributed by atoms with E-state index < -0.39 is 11.6 Å². The van der Waals surface area contributed by atoms with Gasteiger partial charge in [0, 0.05) is 31.1 Å². The van der Waals surface area contributed by atoms with E-state index in [9.17, 15) is 13.6 Å². The first-order valence-corrected chi connectivity index (χ1v) is 8.63. The molecule has 1 N–H and O–H groups in total. The predicted molar refractivity (Wildman–Crippen MR) is 84.0 cm³/mol. The first-order valence-electron chi connectivity index (χ1n) is 8.63. The summed E-state index contributed by atoms with van der Waals surface area (Å²) in [7, 11) is 0. The molecule has 2 heterocycles. The van der Waals surface area contributed by atoms with Crippen LogP contribution >= 0.6 is 0 Å². The van der Waals surface area contributed by atoms with Gasteiger partial charge >= 0.3 is 0 Å². The molecule has 0 bridgehead atoms. The highest BCUT2D eigenvalue weighted by molar-refractivity contribution is 5.77. The lowest BCUT2D eigenvalue weighted by atomic mass is 9.73. The van der Waals surface area contributed by atoms with Crippen LogP contribution in [0, 0.1) is 23.5 Å². The molecule has 2 saturated heterocycles. The second-order valence-corrected chi connectivity index (χ2v) is 7.22. The maximum atomic E-state index is 13.9. The van der Waals surface area contributed by atoms with Crippen molar-refractivity contribution < 1.29 is 13.6 Å². The van der Waals surface area contributed by atoms with Gasteiger partial charge < -0.3 is 10.2 Å². The summed E-state index contributed by atoms with van der Waals surface area (Å²) in [6.45, 7) is 0.877. The van der Waals surface area contributed by atoms with E-state index in [-0.39, 0.29) is 6.04 Å². The number of hydrogen-bond donors (Lipinski definition) is 1. The third-order valence-corrected chi connectivity index (χ3v) is 5.82. The van der Waals surface area contributed by atoms with Crippen molar-refractivity contribution in [1.82, 2.24) is 4.90 Å². The summed E-state index contributed by atoms with van der Waals surface area (Å²) in [4.78, 5) is 14.3. The Morgan fingerprint density at radius 1 is 1.13 bits per heavy atom. The Morgan fingerprint density at radius 3 is 2.70 bits per heavy atom. The molecule has 1 saturated carbocycles. The van der Waals surface area contributed by atoms with Gasteiger partial charge in [0.2, 0.25) is 5.91 Å². The van der Waals surface area contributed by atoms with E-state index >= 15 is 0 Å². The fourth-order valence-electron chi connectivity index (χ4n) is 4.93. The maximum Gasteiger partial charge on any atom is 0.222 e. The standard InChI is InChI=1S/C18H22F2N2O/c19-13-4-5-16(15(20)10-13)21-14-8-11-2-1-3-17(23)22-7-6-12(9-14)18(11)22/h4-5,10-12,14,18,21H,1-3,6-9H2/t11-,12+,14?,18-/m1/s1. The lowest BCUT2D eigenvalue weighted by Crippen LogP contribution is -2.47. The largest absolute Gasteiger partial charge is 0.380 e. The van der Waals surface area contributed by atoms with Gasteiger partial charge in [-0.05, 0) is 56.1 Å². The molecule has 2 aliphatic heterocycles. The Kier molecular flexibility index (Phi) is 3.74. The summed E-state index contributed by atoms with van der Waals surface area (Å²) in [6.07, 6.45) is 5.68. The SMILES string of the molecule is O=C1CCC[C@@H]2CC(Nc3ccc(F)cc3F)C[C@@H]3CCN1[C@H]23. The van der Waals surface area contributed by atoms with Crippen LogP contribution in [0.3, 0.4) is 0 Å². The van der Waals surface area contributed by atoms with Gasteiger partial charge in [0.25, 0.3) is 0 Å². The highest BCUT2D eigenvalue weighted by Crippen LogP contribution is 2.44. The van der Waals surface area contributed by atoms with Gasteiger partial charge in [0.05, 0.1) is 5.69 Å². The molecule has 1 aromatic rings. The van der Waals surface area contributed by atoms with Crippen LogP contribution in [0.25, 0.3) is 0 Å². The second-order valence-electron chi connectivity index (χ2n) is 7.22. The average molecular weight is 320 g/mol. The third kappa shape index (κ3) is 2.70. The molecule has 3 nitrogen and oxygen atoms in total. The number of rotatable bonds is 2. The number of halogens is 2. The van der Waals surface area contributed by atoms with E-state index in [4.69, 9.17) is 0 Å². The van der Waals surface area contributed by atoms with Gasteiger partial charge in [-0.2, -0.15) is 0 Å². The van der Waals surface area contributed by atoms with Crippen LogP contribution in [-0.2, 0) is 4.79 Å². The normalized spacial score (nSPS) is 33.3. The molecular formula is C18H22F2N2O. The Morgan fingerprint density at radius 2 is 1.91 bits per heavy atom. The average Bonchev–Trinajstić information content (AvgIpc) is 2.87. The van der Waals surface area contributed by atoms with E-state index in [1.54, 1.807) is 0 Å². The Bertz CT molecular complexity index is 621. The maximum absolute atomic E-state index is 13.9. The highest BCUT2D eigenvalue weighted by atomic mass is 19.1. The van der Waals surface area contributed by atoms with Crippen LogP contribution < -0.4 is 5.32 Å². The fourth-order valence-corrected chi connectivity index (χ4v) is 4.93. The molecule has 3 fully saturated rings. The lowest BCUT2D eigenvalue weighted by Gasteiger charge is -2.41. The molecule has 0 aromatic heterocycles. The summed E-state index contributed by atoms with van der Waals surface area (Å²) in [5.74, 6) is 0.248. The monoisotopic (exact) mass is 320 g/mol. The lowest BCUT2D eigenvalue weighted by molar-refractivity contribution is -0.132. The fraction of sp³-hybridized carbons (Fsp3) is 0.611. The molecular weight excluding hydrogens is 298 g/mol. The van der Waals surface area contributed by atoms with Crippen LogP contribution in [0.1, 0.15) is 38.5 Å². The number of carbonyl (C=O) groups is 1. The zero-order chi connectivity index (χ0) is 16.0. The summed E-state index contributed by atoms with van der Waals surface area (Å²) < 4.78 is 26.9. The van der Waals surface area contributed by atoms with Gasteiger partial charge in [-0.15, -0.1) is 0 Å². The van der Waals surface area contributed by atoms with E-state index in [1.165, 1.54) is 12.1 Å². The number of nitrogens with one attached hydrogen (secondary N) is 1. The molecule has 3 aliphatic rings. The first-order chi connectivity index (χ1) is 11.1. The predicted octanol–water partition coefficient (Wildman–Crippen LogP) is 3.56. The van der Waals surface area contributed by atoms with Crippen LogP contribution in [0.2, 0.25) is 0 Å². The highest BCUT2D eigenvalue weighted by Gasteiger charge is 2.47. The van der Waals surface area contributed by atoms with Crippen molar-refractivity contribution in [3.05, 3.63) is 29.8 Å². The molecule has 5 heteroatoms. The summed E-state index contributed by atoms with van der Waals surface area (Å²) >= 11 is 0. The number of benzene rings is 1. The van der Waals surface area contributed by atoms with E-state index in [0.717, 1.165) is 44.7 Å². The van der Waals surface area contributed by atoms with Crippen molar-refractivity contribution >= 4 is 11.6 Å². The summed E-state index contributed by atoms with van der Waals surface area (Å²) in [5, 5.41) is 3.28. The molecule has 1 unspecified atom stereocenters. The molecule has 4 atom stereocenters. The van der Waals surface area contributed by atoms with Crippen molar-refractivity contribution in [2.75, 3.05) is 11.9 Å². The minimum absolute atomic E-state index is 0.203. The molecule has 1 aliphatic carbocycles. The molecule has 23 heavy (non-hydrogen) atoms. The number of nitrogens with zero attached hydrogens (tertiary/aromatic N) is 1. The van der Waals surface area contributed by atoms with Crippen molar-refractivity contribution in [3.63, 3.8) is 0 Å². The van der Waals surface area contributed by atoms with Crippen molar-refractivity contribution in [1.29, 1.82) is 0 Å². The van der Waals surface area contributed by atoms with Crippen LogP contribution in [0.15, 0.2) is 18.2 Å². The van der Waals surface area contributed by atoms with E-state index in [2.05, 4.69) is 10.2 Å². The number of carbonyl (C=O) groups excluding carboxylic acids is 1. The topological polar surface area (TPSA) is 32.3 Å². The van der Waals surface area contributed by atoms with E-state index in [1.807, 2.05) is 0 Å². The number of hydrogen-bond acceptors (Lipinski definition) is 2. The summed E-state index contributed by atoms with van der Waals surface area (Å²) in [5.41, 5.74) is 0.384. The number of amides is 1. The van der Waals surface area contributed by atoms with Crippen molar-refractivity contribution in [3.8, 4) is 0 Å². The zero-order valence-electron chi connectivity index (χ0n) is 13.1. The molecule has 124 valence electrons.